The minimum atomic E-state index is -0.825. The van der Waals surface area contributed by atoms with Crippen LogP contribution < -0.4 is 9.47 Å². The second-order valence-corrected chi connectivity index (χ2v) is 9.20. The summed E-state index contributed by atoms with van der Waals surface area (Å²) in [6.45, 7) is 3.78. The normalized spacial score (nSPS) is 16.8. The molecule has 0 bridgehead atoms. The third kappa shape index (κ3) is 4.91. The fourth-order valence-electron chi connectivity index (χ4n) is 4.68. The van der Waals surface area contributed by atoms with Gasteiger partial charge in [0.05, 0.1) is 12.5 Å². The average molecular weight is 464 g/mol. The van der Waals surface area contributed by atoms with Crippen molar-refractivity contribution in [3.8, 4) is 22.8 Å². The molecule has 0 amide bonds. The van der Waals surface area contributed by atoms with Crippen molar-refractivity contribution in [2.45, 2.75) is 52.1 Å². The van der Waals surface area contributed by atoms with E-state index < -0.39 is 17.5 Å². The van der Waals surface area contributed by atoms with E-state index in [1.54, 1.807) is 32.4 Å². The second kappa shape index (κ2) is 9.84. The lowest BCUT2D eigenvalue weighted by Crippen LogP contribution is -2.30. The number of methoxy groups -OCH3 is 1. The molecule has 1 aliphatic heterocycles. The van der Waals surface area contributed by atoms with Crippen LogP contribution in [0.4, 0.5) is 4.39 Å². The summed E-state index contributed by atoms with van der Waals surface area (Å²) in [5.41, 5.74) is 3.24. The molecule has 1 N–H and O–H groups in total. The maximum Gasteiger partial charge on any atom is 0.309 e. The highest BCUT2D eigenvalue weighted by atomic mass is 19.1. The lowest BCUT2D eigenvalue weighted by molar-refractivity contribution is -0.148. The number of carboxylic acids is 1. The van der Waals surface area contributed by atoms with Crippen LogP contribution >= 0.6 is 0 Å². The largest absolute Gasteiger partial charge is 0.485 e. The molecular formula is C28H30FNO4. The van der Waals surface area contributed by atoms with Crippen molar-refractivity contribution in [3.05, 3.63) is 77.2 Å². The molecule has 2 heterocycles. The molecule has 0 aliphatic carbocycles. The third-order valence-corrected chi connectivity index (χ3v) is 6.61. The number of carbonyl (C=O) groups is 1. The Kier molecular flexibility index (Phi) is 6.87. The Morgan fingerprint density at radius 3 is 2.71 bits per heavy atom. The smallest absolute Gasteiger partial charge is 0.309 e. The number of ether oxygens (including phenoxy) is 2. The molecule has 2 aromatic carbocycles. The molecular weight excluding hydrogens is 433 g/mol. The van der Waals surface area contributed by atoms with Gasteiger partial charge in [-0.25, -0.2) is 9.37 Å². The number of aromatic nitrogens is 1. The first-order chi connectivity index (χ1) is 16.3. The lowest BCUT2D eigenvalue weighted by Gasteiger charge is -2.29. The Balaban J connectivity index is 1.55. The van der Waals surface area contributed by atoms with Crippen molar-refractivity contribution in [2.75, 3.05) is 7.11 Å². The predicted octanol–water partition coefficient (Wildman–Crippen LogP) is 6.40. The molecule has 0 spiro atoms. The first kappa shape index (κ1) is 23.7. The number of aliphatic carboxylic acids is 1. The van der Waals surface area contributed by atoms with E-state index in [2.05, 4.69) is 4.98 Å². The highest BCUT2D eigenvalue weighted by Gasteiger charge is 2.33. The van der Waals surface area contributed by atoms with Gasteiger partial charge in [-0.15, -0.1) is 0 Å². The van der Waals surface area contributed by atoms with Gasteiger partial charge in [0.25, 0.3) is 0 Å². The van der Waals surface area contributed by atoms with Gasteiger partial charge in [-0.3, -0.25) is 4.79 Å². The summed E-state index contributed by atoms with van der Waals surface area (Å²) in [6.07, 6.45) is 4.51. The molecule has 178 valence electrons. The van der Waals surface area contributed by atoms with Crippen molar-refractivity contribution in [3.63, 3.8) is 0 Å². The van der Waals surface area contributed by atoms with Crippen LogP contribution in [0.25, 0.3) is 11.1 Å². The van der Waals surface area contributed by atoms with Crippen LogP contribution in [-0.4, -0.2) is 23.2 Å². The molecule has 0 radical (unpaired) electrons. The summed E-state index contributed by atoms with van der Waals surface area (Å²) in [4.78, 5) is 16.0. The number of hydrogen-bond acceptors (Lipinski definition) is 4. The van der Waals surface area contributed by atoms with Crippen molar-refractivity contribution in [1.29, 1.82) is 0 Å². The fraction of sp³-hybridized carbons (Fsp3) is 0.357. The molecule has 2 unspecified atom stereocenters. The Morgan fingerprint density at radius 1 is 1.21 bits per heavy atom. The van der Waals surface area contributed by atoms with E-state index in [0.717, 1.165) is 35.1 Å². The number of hydrogen-bond donors (Lipinski definition) is 1. The average Bonchev–Trinajstić information content (AvgIpc) is 2.83. The van der Waals surface area contributed by atoms with Gasteiger partial charge in [0.15, 0.2) is 0 Å². The highest BCUT2D eigenvalue weighted by molar-refractivity contribution is 5.74. The maximum atomic E-state index is 15.2. The van der Waals surface area contributed by atoms with Gasteiger partial charge in [-0.1, -0.05) is 37.6 Å². The number of carboxylic acid groups (broad SMARTS) is 1. The van der Waals surface area contributed by atoms with Crippen molar-refractivity contribution in [1.82, 2.24) is 4.98 Å². The van der Waals surface area contributed by atoms with E-state index in [9.17, 15) is 9.90 Å². The third-order valence-electron chi connectivity index (χ3n) is 6.61. The zero-order valence-electron chi connectivity index (χ0n) is 19.8. The summed E-state index contributed by atoms with van der Waals surface area (Å²) < 4.78 is 26.6. The molecule has 6 heteroatoms. The minimum absolute atomic E-state index is 0.320. The van der Waals surface area contributed by atoms with Gasteiger partial charge in [-0.2, -0.15) is 0 Å². The van der Waals surface area contributed by atoms with E-state index in [4.69, 9.17) is 9.47 Å². The van der Waals surface area contributed by atoms with E-state index in [1.165, 1.54) is 6.07 Å². The number of aryl methyl sites for hydroxylation is 1. The predicted molar refractivity (Wildman–Crippen MR) is 129 cm³/mol. The Bertz CT molecular complexity index is 1190. The van der Waals surface area contributed by atoms with E-state index >= 15 is 4.39 Å². The molecule has 0 saturated heterocycles. The number of benzene rings is 2. The Hall–Kier alpha value is -3.41. The van der Waals surface area contributed by atoms with E-state index in [1.807, 2.05) is 37.3 Å². The highest BCUT2D eigenvalue weighted by Crippen LogP contribution is 2.39. The van der Waals surface area contributed by atoms with Crippen LogP contribution in [0, 0.1) is 11.2 Å². The lowest BCUT2D eigenvalue weighted by atomic mass is 9.79. The van der Waals surface area contributed by atoms with Gasteiger partial charge in [-0.05, 0) is 73.1 Å². The first-order valence-electron chi connectivity index (χ1n) is 11.6. The number of halogens is 1. The summed E-state index contributed by atoms with van der Waals surface area (Å²) in [5, 5.41) is 9.74. The minimum Gasteiger partial charge on any atom is -0.485 e. The molecule has 34 heavy (non-hydrogen) atoms. The second-order valence-electron chi connectivity index (χ2n) is 9.20. The van der Waals surface area contributed by atoms with Gasteiger partial charge >= 0.3 is 5.97 Å². The quantitative estimate of drug-likeness (QED) is 0.419. The van der Waals surface area contributed by atoms with E-state index in [0.29, 0.717) is 36.5 Å². The number of fused-ring (bicyclic) bond motifs is 1. The van der Waals surface area contributed by atoms with Crippen molar-refractivity contribution < 1.29 is 23.8 Å². The molecule has 2 atom stereocenters. The first-order valence-corrected chi connectivity index (χ1v) is 11.6. The number of nitrogens with zero attached hydrogens (tertiary/aromatic N) is 1. The molecule has 5 nitrogen and oxygen atoms in total. The SMILES string of the molecule is CCCC(C)(Cc1ccc2c(c1)OC(c1ccc(-c3ccnc(OC)c3)cc1F)CC2)C(=O)O. The molecule has 0 saturated carbocycles. The number of rotatable bonds is 8. The summed E-state index contributed by atoms with van der Waals surface area (Å²) in [7, 11) is 1.55. The summed E-state index contributed by atoms with van der Waals surface area (Å²) in [6, 6.07) is 14.7. The summed E-state index contributed by atoms with van der Waals surface area (Å²) >= 11 is 0. The molecule has 1 aromatic heterocycles. The van der Waals surface area contributed by atoms with Crippen LogP contribution in [0.1, 0.15) is 55.9 Å². The van der Waals surface area contributed by atoms with Crippen LogP contribution in [0.2, 0.25) is 0 Å². The zero-order chi connectivity index (χ0) is 24.3. The molecule has 0 fully saturated rings. The van der Waals surface area contributed by atoms with Crippen molar-refractivity contribution in [2.24, 2.45) is 5.41 Å². The topological polar surface area (TPSA) is 68.7 Å². The molecule has 3 aromatic rings. The Labute approximate surface area is 199 Å². The van der Waals surface area contributed by atoms with Gasteiger partial charge in [0.1, 0.15) is 17.7 Å². The molecule has 4 rings (SSSR count). The Morgan fingerprint density at radius 2 is 2.00 bits per heavy atom. The fourth-order valence-corrected chi connectivity index (χ4v) is 4.68. The van der Waals surface area contributed by atoms with Crippen LogP contribution in [0.5, 0.6) is 11.6 Å². The number of pyridine rings is 1. The monoisotopic (exact) mass is 463 g/mol. The maximum absolute atomic E-state index is 15.2. The standard InChI is InChI=1S/C28H30FNO4/c1-4-12-28(2,27(31)32)17-18-5-6-19-8-10-24(34-25(19)14-18)22-9-7-20(15-23(22)29)21-11-13-30-26(16-21)33-3/h5-7,9,11,13-16,24H,4,8,10,12,17H2,1-3H3,(H,31,32). The van der Waals surface area contributed by atoms with Gasteiger partial charge < -0.3 is 14.6 Å². The molecule has 1 aliphatic rings. The van der Waals surface area contributed by atoms with Gasteiger partial charge in [0, 0.05) is 17.8 Å². The van der Waals surface area contributed by atoms with Crippen LogP contribution in [0.3, 0.4) is 0 Å². The van der Waals surface area contributed by atoms with Crippen LogP contribution in [0.15, 0.2) is 54.7 Å². The van der Waals surface area contributed by atoms with E-state index in [-0.39, 0.29) is 5.82 Å². The zero-order valence-corrected chi connectivity index (χ0v) is 19.8. The van der Waals surface area contributed by atoms with Gasteiger partial charge in [0.2, 0.25) is 5.88 Å². The van der Waals surface area contributed by atoms with Crippen molar-refractivity contribution >= 4 is 5.97 Å². The van der Waals surface area contributed by atoms with Crippen LogP contribution in [-0.2, 0) is 17.6 Å². The summed E-state index contributed by atoms with van der Waals surface area (Å²) in [5.74, 6) is 0.0717.